The molecule has 1 amide bonds. The molecule has 0 fully saturated rings. The van der Waals surface area contributed by atoms with Crippen LogP contribution in [-0.4, -0.2) is 55.9 Å². The predicted molar refractivity (Wildman–Crippen MR) is 138 cm³/mol. The number of carbonyl (C=O) groups excluding carboxylic acids is 1. The minimum Gasteiger partial charge on any atom is -0.497 e. The van der Waals surface area contributed by atoms with E-state index in [2.05, 4.69) is 10.0 Å². The van der Waals surface area contributed by atoms with Gasteiger partial charge in [0.2, 0.25) is 10.0 Å². The van der Waals surface area contributed by atoms with Gasteiger partial charge in [-0.3, -0.25) is 13.8 Å². The van der Waals surface area contributed by atoms with Gasteiger partial charge in [0, 0.05) is 11.8 Å². The lowest BCUT2D eigenvalue weighted by molar-refractivity contribution is -0.122. The van der Waals surface area contributed by atoms with Gasteiger partial charge in [0.1, 0.15) is 17.2 Å². The maximum Gasteiger partial charge on any atom is 0.267 e. The van der Waals surface area contributed by atoms with Crippen LogP contribution in [0.5, 0.6) is 17.2 Å². The normalized spacial score (nSPS) is 15.2. The second-order valence-electron chi connectivity index (χ2n) is 8.05. The fourth-order valence-electron chi connectivity index (χ4n) is 3.69. The van der Waals surface area contributed by atoms with E-state index in [0.29, 0.717) is 22.9 Å². The van der Waals surface area contributed by atoms with E-state index < -0.39 is 32.1 Å². The van der Waals surface area contributed by atoms with Crippen molar-refractivity contribution < 1.29 is 35.8 Å². The summed E-state index contributed by atoms with van der Waals surface area (Å²) < 4.78 is 70.1. The molecule has 0 unspecified atom stereocenters. The van der Waals surface area contributed by atoms with Crippen molar-refractivity contribution >= 4 is 43.0 Å². The van der Waals surface area contributed by atoms with Gasteiger partial charge in [-0.2, -0.15) is 0 Å². The van der Waals surface area contributed by atoms with Crippen LogP contribution in [0.4, 0.5) is 17.1 Å². The largest absolute Gasteiger partial charge is 0.497 e. The van der Waals surface area contributed by atoms with E-state index in [4.69, 9.17) is 14.2 Å². The molecule has 0 aliphatic carbocycles. The van der Waals surface area contributed by atoms with Crippen LogP contribution in [0, 0.1) is 0 Å². The highest BCUT2D eigenvalue weighted by Crippen LogP contribution is 2.35. The molecule has 3 aromatic rings. The first-order chi connectivity index (χ1) is 17.5. The molecule has 0 bridgehead atoms. The Bertz CT molecular complexity index is 1520. The van der Waals surface area contributed by atoms with E-state index in [0.717, 1.165) is 10.6 Å². The number of nitrogens with zero attached hydrogens (tertiary/aromatic N) is 1. The van der Waals surface area contributed by atoms with Crippen LogP contribution in [0.3, 0.4) is 0 Å². The fourth-order valence-corrected chi connectivity index (χ4v) is 5.67. The number of methoxy groups -OCH3 is 2. The average Bonchev–Trinajstić information content (AvgIpc) is 2.87. The van der Waals surface area contributed by atoms with Gasteiger partial charge in [0.25, 0.3) is 15.9 Å². The van der Waals surface area contributed by atoms with Gasteiger partial charge < -0.3 is 19.5 Å². The molecule has 0 radical (unpaired) electrons. The number of fused-ring (bicyclic) bond motifs is 1. The molecule has 1 aliphatic heterocycles. The summed E-state index contributed by atoms with van der Waals surface area (Å²) in [5.41, 5.74) is 0.851. The lowest BCUT2D eigenvalue weighted by atomic mass is 10.2. The SMILES string of the molecule is COc1ccc(OC)c(NS(=O)(=O)c2ccc(NC(=O)[C@H]3CN(S(C)(=O)=O)c4ccccc4O3)cc2)c1. The van der Waals surface area contributed by atoms with E-state index >= 15 is 0 Å². The van der Waals surface area contributed by atoms with Crippen molar-refractivity contribution in [3.05, 3.63) is 66.7 Å². The number of rotatable bonds is 8. The maximum atomic E-state index is 12.9. The Labute approximate surface area is 215 Å². The highest BCUT2D eigenvalue weighted by Gasteiger charge is 2.35. The second-order valence-corrected chi connectivity index (χ2v) is 11.6. The third-order valence-corrected chi connectivity index (χ3v) is 8.04. The topological polar surface area (TPSA) is 140 Å². The number of nitrogens with one attached hydrogen (secondary N) is 2. The standard InChI is InChI=1S/C24H25N3O8S2/c1-33-17-10-13-21(34-2)19(14-17)26-37(31,32)18-11-8-16(9-12-18)25-24(28)23-15-27(36(3,29)30)20-6-4-5-7-22(20)35-23/h4-14,23,26H,15H2,1-3H3,(H,25,28)/t23-/m1/s1. The van der Waals surface area contributed by atoms with Crippen LogP contribution in [0.25, 0.3) is 0 Å². The monoisotopic (exact) mass is 547 g/mol. The lowest BCUT2D eigenvalue weighted by Gasteiger charge is -2.33. The number of hydrogen-bond acceptors (Lipinski definition) is 8. The number of hydrogen-bond donors (Lipinski definition) is 2. The summed E-state index contributed by atoms with van der Waals surface area (Å²) in [6.07, 6.45) is -0.0616. The molecule has 196 valence electrons. The van der Waals surface area contributed by atoms with Gasteiger partial charge in [0.15, 0.2) is 6.10 Å². The third-order valence-electron chi connectivity index (χ3n) is 5.51. The zero-order valence-corrected chi connectivity index (χ0v) is 21.8. The van der Waals surface area contributed by atoms with Crippen LogP contribution in [0.15, 0.2) is 71.6 Å². The van der Waals surface area contributed by atoms with Crippen molar-refractivity contribution in [1.29, 1.82) is 0 Å². The number of carbonyl (C=O) groups is 1. The molecule has 1 heterocycles. The van der Waals surface area contributed by atoms with Crippen molar-refractivity contribution in [1.82, 2.24) is 0 Å². The molecule has 37 heavy (non-hydrogen) atoms. The van der Waals surface area contributed by atoms with Crippen LogP contribution in [0.1, 0.15) is 0 Å². The van der Waals surface area contributed by atoms with E-state index in [1.54, 1.807) is 36.4 Å². The number of para-hydroxylation sites is 2. The lowest BCUT2D eigenvalue weighted by Crippen LogP contribution is -2.48. The zero-order valence-electron chi connectivity index (χ0n) is 20.2. The number of anilines is 3. The zero-order chi connectivity index (χ0) is 26.8. The molecule has 4 rings (SSSR count). The highest BCUT2D eigenvalue weighted by molar-refractivity contribution is 7.92. The number of ether oxygens (including phenoxy) is 3. The highest BCUT2D eigenvalue weighted by atomic mass is 32.2. The minimum absolute atomic E-state index is 0.0542. The molecule has 0 spiro atoms. The fraction of sp³-hybridized carbons (Fsp3) is 0.208. The Hall–Kier alpha value is -3.97. The van der Waals surface area contributed by atoms with Crippen molar-refractivity contribution in [2.24, 2.45) is 0 Å². The molecule has 1 atom stereocenters. The molecule has 13 heteroatoms. The smallest absolute Gasteiger partial charge is 0.267 e. The molecular formula is C24H25N3O8S2. The van der Waals surface area contributed by atoms with Crippen molar-refractivity contribution in [2.45, 2.75) is 11.0 Å². The summed E-state index contributed by atoms with van der Waals surface area (Å²) in [5, 5.41) is 2.64. The van der Waals surface area contributed by atoms with Gasteiger partial charge in [-0.15, -0.1) is 0 Å². The molecule has 2 N–H and O–H groups in total. The van der Waals surface area contributed by atoms with Gasteiger partial charge in [0.05, 0.1) is 43.3 Å². The van der Waals surface area contributed by atoms with Gasteiger partial charge >= 0.3 is 0 Å². The Morgan fingerprint density at radius 1 is 0.973 bits per heavy atom. The first-order valence-electron chi connectivity index (χ1n) is 10.9. The number of benzene rings is 3. The molecule has 3 aromatic carbocycles. The Morgan fingerprint density at radius 2 is 1.68 bits per heavy atom. The predicted octanol–water partition coefficient (Wildman–Crippen LogP) is 2.67. The van der Waals surface area contributed by atoms with E-state index in [-0.39, 0.29) is 22.9 Å². The molecule has 0 saturated heterocycles. The molecule has 0 aromatic heterocycles. The Balaban J connectivity index is 1.49. The van der Waals surface area contributed by atoms with Crippen LogP contribution >= 0.6 is 0 Å². The van der Waals surface area contributed by atoms with Crippen molar-refractivity contribution in [3.8, 4) is 17.2 Å². The summed E-state index contributed by atoms with van der Waals surface area (Å²) in [4.78, 5) is 12.8. The average molecular weight is 548 g/mol. The van der Waals surface area contributed by atoms with Crippen LogP contribution in [0.2, 0.25) is 0 Å². The van der Waals surface area contributed by atoms with Gasteiger partial charge in [-0.05, 0) is 48.5 Å². The Morgan fingerprint density at radius 3 is 2.32 bits per heavy atom. The van der Waals surface area contributed by atoms with E-state index in [1.807, 2.05) is 0 Å². The summed E-state index contributed by atoms with van der Waals surface area (Å²) in [7, 11) is -4.76. The molecular weight excluding hydrogens is 522 g/mol. The quantitative estimate of drug-likeness (QED) is 0.439. The number of sulfonamides is 2. The summed E-state index contributed by atoms with van der Waals surface area (Å²) in [6, 6.07) is 16.7. The number of amides is 1. The second kappa shape index (κ2) is 10.2. The third kappa shape index (κ3) is 5.73. The van der Waals surface area contributed by atoms with E-state index in [9.17, 15) is 21.6 Å². The molecule has 1 aliphatic rings. The summed E-state index contributed by atoms with van der Waals surface area (Å²) in [6.45, 7) is -0.208. The molecule has 11 nitrogen and oxygen atoms in total. The van der Waals surface area contributed by atoms with E-state index in [1.165, 1.54) is 44.6 Å². The van der Waals surface area contributed by atoms with Gasteiger partial charge in [-0.25, -0.2) is 16.8 Å². The summed E-state index contributed by atoms with van der Waals surface area (Å²) in [5.74, 6) is 0.432. The Kier molecular flexibility index (Phi) is 7.18. The van der Waals surface area contributed by atoms with Crippen molar-refractivity contribution in [3.63, 3.8) is 0 Å². The first-order valence-corrected chi connectivity index (χ1v) is 14.2. The molecule has 0 saturated carbocycles. The summed E-state index contributed by atoms with van der Waals surface area (Å²) >= 11 is 0. The van der Waals surface area contributed by atoms with Crippen molar-refractivity contribution in [2.75, 3.05) is 41.4 Å². The minimum atomic E-state index is -3.99. The first kappa shape index (κ1) is 26.1. The van der Waals surface area contributed by atoms with Crippen LogP contribution < -0.4 is 28.6 Å². The van der Waals surface area contributed by atoms with Gasteiger partial charge in [-0.1, -0.05) is 12.1 Å². The van der Waals surface area contributed by atoms with Crippen LogP contribution in [-0.2, 0) is 24.8 Å². The maximum absolute atomic E-state index is 12.9.